The van der Waals surface area contributed by atoms with Crippen LogP contribution in [-0.4, -0.2) is 64.6 Å². The van der Waals surface area contributed by atoms with E-state index in [-0.39, 0.29) is 23.6 Å². The zero-order valence-corrected chi connectivity index (χ0v) is 19.5. The van der Waals surface area contributed by atoms with E-state index in [0.717, 1.165) is 17.7 Å². The number of methoxy groups -OCH3 is 2. The molecule has 0 unspecified atom stereocenters. The van der Waals surface area contributed by atoms with Gasteiger partial charge in [0.2, 0.25) is 0 Å². The zero-order chi connectivity index (χ0) is 23.4. The number of nitrogens with zero attached hydrogens (tertiary/aromatic N) is 4. The highest BCUT2D eigenvalue weighted by Crippen LogP contribution is 2.31. The summed E-state index contributed by atoms with van der Waals surface area (Å²) in [5.41, 5.74) is 0.828. The van der Waals surface area contributed by atoms with E-state index in [1.165, 1.54) is 25.6 Å². The van der Waals surface area contributed by atoms with Gasteiger partial charge in [-0.3, -0.25) is 4.79 Å². The van der Waals surface area contributed by atoms with Crippen LogP contribution in [0.2, 0.25) is 0 Å². The number of nitrogens with one attached hydrogen (secondary N) is 1. The van der Waals surface area contributed by atoms with Crippen molar-refractivity contribution in [3.63, 3.8) is 0 Å². The Morgan fingerprint density at radius 3 is 2.64 bits per heavy atom. The van der Waals surface area contributed by atoms with Gasteiger partial charge >= 0.3 is 5.97 Å². The Hall–Kier alpha value is -3.53. The molecule has 9 nitrogen and oxygen atoms in total. The third kappa shape index (κ3) is 4.65. The molecule has 0 bridgehead atoms. The second kappa shape index (κ2) is 9.95. The summed E-state index contributed by atoms with van der Waals surface area (Å²) in [7, 11) is 2.80. The van der Waals surface area contributed by atoms with Crippen LogP contribution in [0.15, 0.2) is 42.2 Å². The van der Waals surface area contributed by atoms with Gasteiger partial charge in [-0.05, 0) is 43.3 Å². The van der Waals surface area contributed by atoms with E-state index < -0.39 is 5.97 Å². The number of esters is 1. The summed E-state index contributed by atoms with van der Waals surface area (Å²) in [6.07, 6.45) is 6.53. The number of amides is 1. The minimum atomic E-state index is -0.537. The van der Waals surface area contributed by atoms with E-state index in [1.54, 1.807) is 30.7 Å². The predicted octanol–water partition coefficient (Wildman–Crippen LogP) is 3.50. The minimum Gasteiger partial charge on any atom is -0.496 e. The molecular formula is C23H25N5O4S. The first-order valence-corrected chi connectivity index (χ1v) is 11.4. The lowest BCUT2D eigenvalue weighted by Crippen LogP contribution is -2.49. The van der Waals surface area contributed by atoms with Crippen LogP contribution in [0.4, 0.5) is 5.82 Å². The molecule has 33 heavy (non-hydrogen) atoms. The van der Waals surface area contributed by atoms with Crippen LogP contribution in [0.3, 0.4) is 0 Å². The molecule has 0 aromatic carbocycles. The lowest BCUT2D eigenvalue weighted by Gasteiger charge is -2.38. The molecule has 172 valence electrons. The monoisotopic (exact) mass is 467 g/mol. The van der Waals surface area contributed by atoms with Crippen LogP contribution in [0.1, 0.15) is 40.5 Å². The highest BCUT2D eigenvalue weighted by Gasteiger charge is 2.32. The molecule has 1 fully saturated rings. The van der Waals surface area contributed by atoms with Crippen molar-refractivity contribution in [2.75, 3.05) is 26.1 Å². The van der Waals surface area contributed by atoms with Crippen molar-refractivity contribution >= 4 is 29.0 Å². The van der Waals surface area contributed by atoms with Gasteiger partial charge in [-0.15, -0.1) is 11.3 Å². The Labute approximate surface area is 195 Å². The number of ether oxygens (including phenoxy) is 2. The van der Waals surface area contributed by atoms with Gasteiger partial charge in [0.25, 0.3) is 5.91 Å². The standard InChI is InChI=1S/C23H25N5O4S/c1-14-5-6-15(27-20-18(23(30)32-3)17(31-2)7-11-26-20)13-28(14)22(29)16-8-12-33-19(16)21-24-9-4-10-25-21/h4,7-12,14-15H,5-6,13H2,1-3H3,(H,26,27)/t14-,15-/m1/s1. The maximum absolute atomic E-state index is 13.5. The summed E-state index contributed by atoms with van der Waals surface area (Å²) >= 11 is 1.45. The van der Waals surface area contributed by atoms with Gasteiger partial charge in [0, 0.05) is 37.2 Å². The lowest BCUT2D eigenvalue weighted by atomic mass is 9.98. The first-order chi connectivity index (χ1) is 16.0. The average Bonchev–Trinajstić information content (AvgIpc) is 3.34. The first-order valence-electron chi connectivity index (χ1n) is 10.6. The van der Waals surface area contributed by atoms with E-state index >= 15 is 0 Å². The number of aromatic nitrogens is 3. The van der Waals surface area contributed by atoms with Gasteiger partial charge < -0.3 is 19.7 Å². The van der Waals surface area contributed by atoms with Gasteiger partial charge in [0.1, 0.15) is 17.1 Å². The van der Waals surface area contributed by atoms with Crippen molar-refractivity contribution in [3.8, 4) is 16.5 Å². The fourth-order valence-electron chi connectivity index (χ4n) is 3.95. The zero-order valence-electron chi connectivity index (χ0n) is 18.6. The molecule has 1 aliphatic heterocycles. The van der Waals surface area contributed by atoms with Crippen molar-refractivity contribution in [1.82, 2.24) is 19.9 Å². The van der Waals surface area contributed by atoms with Crippen LogP contribution < -0.4 is 10.1 Å². The number of hydrogen-bond donors (Lipinski definition) is 1. The average molecular weight is 468 g/mol. The second-order valence-electron chi connectivity index (χ2n) is 7.69. The Bertz CT molecular complexity index is 1140. The highest BCUT2D eigenvalue weighted by atomic mass is 32.1. The smallest absolute Gasteiger partial charge is 0.345 e. The van der Waals surface area contributed by atoms with Gasteiger partial charge in [-0.2, -0.15) is 0 Å². The predicted molar refractivity (Wildman–Crippen MR) is 125 cm³/mol. The molecule has 3 aromatic rings. The van der Waals surface area contributed by atoms with Gasteiger partial charge in [-0.1, -0.05) is 0 Å². The molecule has 2 atom stereocenters. The SMILES string of the molecule is COC(=O)c1c(OC)ccnc1N[C@@H]1CC[C@@H](C)N(C(=O)c2ccsc2-c2ncccn2)C1. The van der Waals surface area contributed by atoms with Gasteiger partial charge in [0.15, 0.2) is 5.82 Å². The molecule has 4 heterocycles. The van der Waals surface area contributed by atoms with E-state index in [9.17, 15) is 9.59 Å². The number of anilines is 1. The van der Waals surface area contributed by atoms with Gasteiger partial charge in [-0.25, -0.2) is 19.7 Å². The van der Waals surface area contributed by atoms with Crippen molar-refractivity contribution in [3.05, 3.63) is 53.3 Å². The molecule has 10 heteroatoms. The number of carbonyl (C=O) groups is 2. The van der Waals surface area contributed by atoms with Crippen LogP contribution >= 0.6 is 11.3 Å². The van der Waals surface area contributed by atoms with E-state index in [4.69, 9.17) is 9.47 Å². The minimum absolute atomic E-state index is 0.0653. The maximum Gasteiger partial charge on any atom is 0.345 e. The Balaban J connectivity index is 1.57. The highest BCUT2D eigenvalue weighted by molar-refractivity contribution is 7.14. The number of carbonyl (C=O) groups excluding carboxylic acids is 2. The fraction of sp³-hybridized carbons (Fsp3) is 0.348. The molecular weight excluding hydrogens is 442 g/mol. The third-order valence-corrected chi connectivity index (χ3v) is 6.58. The van der Waals surface area contributed by atoms with Crippen molar-refractivity contribution < 1.29 is 19.1 Å². The summed E-state index contributed by atoms with van der Waals surface area (Å²) in [4.78, 5) is 41.4. The summed E-state index contributed by atoms with van der Waals surface area (Å²) in [5, 5.41) is 5.21. The number of pyridine rings is 1. The summed E-state index contributed by atoms with van der Waals surface area (Å²) < 4.78 is 10.2. The normalized spacial score (nSPS) is 18.0. The van der Waals surface area contributed by atoms with Crippen molar-refractivity contribution in [1.29, 1.82) is 0 Å². The van der Waals surface area contributed by atoms with Crippen LogP contribution in [0.25, 0.3) is 10.7 Å². The molecule has 0 saturated carbocycles. The molecule has 0 radical (unpaired) electrons. The molecule has 1 N–H and O–H groups in total. The molecule has 1 aliphatic rings. The van der Waals surface area contributed by atoms with Crippen LogP contribution in [-0.2, 0) is 4.74 Å². The van der Waals surface area contributed by atoms with E-state index in [2.05, 4.69) is 20.3 Å². The van der Waals surface area contributed by atoms with Crippen molar-refractivity contribution in [2.24, 2.45) is 0 Å². The first kappa shape index (κ1) is 22.7. The quantitative estimate of drug-likeness (QED) is 0.549. The number of thiophene rings is 1. The summed E-state index contributed by atoms with van der Waals surface area (Å²) in [6, 6.07) is 5.15. The van der Waals surface area contributed by atoms with E-state index in [0.29, 0.717) is 29.5 Å². The largest absolute Gasteiger partial charge is 0.496 e. The third-order valence-electron chi connectivity index (χ3n) is 5.67. The number of likely N-dealkylation sites (tertiary alicyclic amines) is 1. The topological polar surface area (TPSA) is 107 Å². The molecule has 1 amide bonds. The lowest BCUT2D eigenvalue weighted by molar-refractivity contribution is 0.0591. The molecule has 4 rings (SSSR count). The maximum atomic E-state index is 13.5. The summed E-state index contributed by atoms with van der Waals surface area (Å²) in [6.45, 7) is 2.51. The summed E-state index contributed by atoms with van der Waals surface area (Å²) in [5.74, 6) is 0.692. The Morgan fingerprint density at radius 1 is 1.12 bits per heavy atom. The Kier molecular flexibility index (Phi) is 6.83. The molecule has 0 spiro atoms. The Morgan fingerprint density at radius 2 is 1.91 bits per heavy atom. The molecule has 3 aromatic heterocycles. The number of rotatable bonds is 6. The van der Waals surface area contributed by atoms with Gasteiger partial charge in [0.05, 0.1) is 24.7 Å². The number of hydrogen-bond acceptors (Lipinski definition) is 9. The number of piperidine rings is 1. The van der Waals surface area contributed by atoms with Crippen LogP contribution in [0, 0.1) is 0 Å². The van der Waals surface area contributed by atoms with Crippen LogP contribution in [0.5, 0.6) is 5.75 Å². The molecule has 1 saturated heterocycles. The second-order valence-corrected chi connectivity index (χ2v) is 8.61. The van der Waals surface area contributed by atoms with E-state index in [1.807, 2.05) is 23.3 Å². The molecule has 0 aliphatic carbocycles. The van der Waals surface area contributed by atoms with Crippen molar-refractivity contribution in [2.45, 2.75) is 31.8 Å². The fourth-order valence-corrected chi connectivity index (χ4v) is 4.78.